The Hall–Kier alpha value is -2.22. The number of hydrogen-bond acceptors (Lipinski definition) is 6. The lowest BCUT2D eigenvalue weighted by atomic mass is 10.1. The Morgan fingerprint density at radius 3 is 2.52 bits per heavy atom. The van der Waals surface area contributed by atoms with Crippen LogP contribution in [0.25, 0.3) is 0 Å². The first-order valence-corrected chi connectivity index (χ1v) is 7.81. The minimum atomic E-state index is -0.607. The molecule has 126 valence electrons. The summed E-state index contributed by atoms with van der Waals surface area (Å²) < 4.78 is 0. The van der Waals surface area contributed by atoms with E-state index in [1.165, 1.54) is 12.1 Å². The second kappa shape index (κ2) is 7.36. The highest BCUT2D eigenvalue weighted by Crippen LogP contribution is 2.19. The number of carbonyl (C=O) groups is 1. The van der Waals surface area contributed by atoms with Crippen LogP contribution in [0.1, 0.15) is 30.8 Å². The van der Waals surface area contributed by atoms with Gasteiger partial charge >= 0.3 is 5.69 Å². The van der Waals surface area contributed by atoms with Crippen LogP contribution >= 0.6 is 0 Å². The Morgan fingerprint density at radius 2 is 2.00 bits per heavy atom. The molecule has 1 aliphatic rings. The summed E-state index contributed by atoms with van der Waals surface area (Å²) in [5, 5.41) is 10.7. The van der Waals surface area contributed by atoms with E-state index in [4.69, 9.17) is 5.73 Å². The van der Waals surface area contributed by atoms with Crippen LogP contribution in [0.4, 0.5) is 11.5 Å². The summed E-state index contributed by atoms with van der Waals surface area (Å²) in [7, 11) is 0. The van der Waals surface area contributed by atoms with Gasteiger partial charge in [-0.15, -0.1) is 0 Å². The van der Waals surface area contributed by atoms with Crippen LogP contribution in [0.3, 0.4) is 0 Å². The van der Waals surface area contributed by atoms with Crippen molar-refractivity contribution in [3.63, 3.8) is 0 Å². The van der Waals surface area contributed by atoms with Gasteiger partial charge in [-0.05, 0) is 24.9 Å². The molecule has 2 heterocycles. The summed E-state index contributed by atoms with van der Waals surface area (Å²) in [6.45, 7) is 8.38. The van der Waals surface area contributed by atoms with Gasteiger partial charge in [-0.25, -0.2) is 4.98 Å². The van der Waals surface area contributed by atoms with Gasteiger partial charge in [0.25, 0.3) is 5.91 Å². The summed E-state index contributed by atoms with van der Waals surface area (Å²) in [5.41, 5.74) is 5.43. The van der Waals surface area contributed by atoms with Crippen molar-refractivity contribution in [2.45, 2.75) is 20.3 Å². The molecule has 0 unspecified atom stereocenters. The number of carbonyl (C=O) groups excluding carboxylic acids is 1. The Bertz CT molecular complexity index is 582. The number of amides is 1. The summed E-state index contributed by atoms with van der Waals surface area (Å²) in [4.78, 5) is 30.5. The first-order chi connectivity index (χ1) is 10.9. The maximum atomic E-state index is 12.4. The molecule has 1 fully saturated rings. The number of nitrogens with two attached hydrogens (primary N) is 1. The van der Waals surface area contributed by atoms with Gasteiger partial charge in [0.2, 0.25) is 5.82 Å². The van der Waals surface area contributed by atoms with E-state index in [1.807, 2.05) is 0 Å². The summed E-state index contributed by atoms with van der Waals surface area (Å²) in [6.07, 6.45) is 1.15. The van der Waals surface area contributed by atoms with Gasteiger partial charge in [0, 0.05) is 32.2 Å². The number of aromatic nitrogens is 1. The van der Waals surface area contributed by atoms with Crippen molar-refractivity contribution in [2.75, 3.05) is 38.5 Å². The predicted octanol–water partition coefficient (Wildman–Crippen LogP) is 1.38. The number of rotatable bonds is 5. The number of nitro groups is 1. The monoisotopic (exact) mass is 321 g/mol. The first kappa shape index (κ1) is 17.1. The summed E-state index contributed by atoms with van der Waals surface area (Å²) >= 11 is 0. The van der Waals surface area contributed by atoms with Crippen LogP contribution in [0.5, 0.6) is 0 Å². The fourth-order valence-electron chi connectivity index (χ4n) is 2.52. The SMILES string of the molecule is CC(C)CCN1CCN(C(=O)c2ccc([N+](=O)[O-])c(N)n2)CC1. The van der Waals surface area contributed by atoms with Crippen molar-refractivity contribution in [1.29, 1.82) is 0 Å². The average Bonchev–Trinajstić information content (AvgIpc) is 2.52. The molecule has 0 bridgehead atoms. The predicted molar refractivity (Wildman–Crippen MR) is 87.1 cm³/mol. The van der Waals surface area contributed by atoms with Gasteiger partial charge in [0.1, 0.15) is 5.69 Å². The van der Waals surface area contributed by atoms with Gasteiger partial charge < -0.3 is 10.6 Å². The van der Waals surface area contributed by atoms with Crippen LogP contribution in [0.15, 0.2) is 12.1 Å². The molecule has 1 aliphatic heterocycles. The summed E-state index contributed by atoms with van der Waals surface area (Å²) in [5.74, 6) is 0.216. The fraction of sp³-hybridized carbons (Fsp3) is 0.600. The molecule has 1 aromatic rings. The average molecular weight is 321 g/mol. The van der Waals surface area contributed by atoms with E-state index in [-0.39, 0.29) is 23.1 Å². The molecule has 1 amide bonds. The lowest BCUT2D eigenvalue weighted by Gasteiger charge is -2.34. The topological polar surface area (TPSA) is 106 Å². The van der Waals surface area contributed by atoms with E-state index in [0.717, 1.165) is 26.1 Å². The normalized spacial score (nSPS) is 15.9. The van der Waals surface area contributed by atoms with Crippen LogP contribution in [-0.4, -0.2) is 58.3 Å². The zero-order valence-corrected chi connectivity index (χ0v) is 13.6. The first-order valence-electron chi connectivity index (χ1n) is 7.81. The van der Waals surface area contributed by atoms with Gasteiger partial charge in [0.15, 0.2) is 0 Å². The van der Waals surface area contributed by atoms with Crippen molar-refractivity contribution in [1.82, 2.24) is 14.8 Å². The molecule has 0 radical (unpaired) electrons. The fourth-order valence-corrected chi connectivity index (χ4v) is 2.52. The van der Waals surface area contributed by atoms with E-state index in [2.05, 4.69) is 23.7 Å². The number of nitrogens with zero attached hydrogens (tertiary/aromatic N) is 4. The highest BCUT2D eigenvalue weighted by atomic mass is 16.6. The van der Waals surface area contributed by atoms with Crippen molar-refractivity contribution >= 4 is 17.4 Å². The van der Waals surface area contributed by atoms with E-state index >= 15 is 0 Å². The summed E-state index contributed by atoms with van der Waals surface area (Å²) in [6, 6.07) is 2.59. The highest BCUT2D eigenvalue weighted by molar-refractivity contribution is 5.93. The number of anilines is 1. The lowest BCUT2D eigenvalue weighted by Crippen LogP contribution is -2.49. The minimum absolute atomic E-state index is 0.156. The Morgan fingerprint density at radius 1 is 1.35 bits per heavy atom. The van der Waals surface area contributed by atoms with Crippen molar-refractivity contribution < 1.29 is 9.72 Å². The lowest BCUT2D eigenvalue weighted by molar-refractivity contribution is -0.384. The zero-order chi connectivity index (χ0) is 17.0. The van der Waals surface area contributed by atoms with Gasteiger partial charge in [-0.3, -0.25) is 19.8 Å². The second-order valence-electron chi connectivity index (χ2n) is 6.17. The van der Waals surface area contributed by atoms with Crippen molar-refractivity contribution in [3.8, 4) is 0 Å². The third kappa shape index (κ3) is 4.38. The molecule has 0 aliphatic carbocycles. The quantitative estimate of drug-likeness (QED) is 0.648. The molecule has 0 saturated carbocycles. The van der Waals surface area contributed by atoms with Crippen LogP contribution < -0.4 is 5.73 Å². The Labute approximate surface area is 135 Å². The van der Waals surface area contributed by atoms with Crippen LogP contribution in [0.2, 0.25) is 0 Å². The zero-order valence-electron chi connectivity index (χ0n) is 13.6. The van der Waals surface area contributed by atoms with Crippen molar-refractivity contribution in [2.24, 2.45) is 5.92 Å². The molecule has 2 N–H and O–H groups in total. The number of hydrogen-bond donors (Lipinski definition) is 1. The molecule has 8 nitrogen and oxygen atoms in total. The standard InChI is InChI=1S/C15H23N5O3/c1-11(2)5-6-18-7-9-19(10-8-18)15(21)12-3-4-13(20(22)23)14(16)17-12/h3-4,11H,5-10H2,1-2H3,(H2,16,17). The van der Waals surface area contributed by atoms with Crippen LogP contribution in [-0.2, 0) is 0 Å². The highest BCUT2D eigenvalue weighted by Gasteiger charge is 2.24. The molecular weight excluding hydrogens is 298 g/mol. The van der Waals surface area contributed by atoms with Gasteiger partial charge in [-0.2, -0.15) is 0 Å². The minimum Gasteiger partial charge on any atom is -0.378 e. The molecule has 1 saturated heterocycles. The Kier molecular flexibility index (Phi) is 5.49. The van der Waals surface area contributed by atoms with Crippen molar-refractivity contribution in [3.05, 3.63) is 27.9 Å². The molecule has 23 heavy (non-hydrogen) atoms. The number of piperazine rings is 1. The third-order valence-electron chi connectivity index (χ3n) is 4.00. The molecule has 0 atom stereocenters. The second-order valence-corrected chi connectivity index (χ2v) is 6.17. The maximum absolute atomic E-state index is 12.4. The smallest absolute Gasteiger partial charge is 0.311 e. The van der Waals surface area contributed by atoms with E-state index < -0.39 is 4.92 Å². The van der Waals surface area contributed by atoms with E-state index in [0.29, 0.717) is 19.0 Å². The molecule has 8 heteroatoms. The van der Waals surface area contributed by atoms with Crippen LogP contribution in [0, 0.1) is 16.0 Å². The Balaban J connectivity index is 1.95. The molecule has 0 spiro atoms. The number of nitrogen functional groups attached to an aromatic ring is 1. The molecule has 1 aromatic heterocycles. The van der Waals surface area contributed by atoms with Gasteiger partial charge in [0.05, 0.1) is 4.92 Å². The number of pyridine rings is 1. The molecule has 2 rings (SSSR count). The molecular formula is C15H23N5O3. The maximum Gasteiger partial charge on any atom is 0.311 e. The largest absolute Gasteiger partial charge is 0.378 e. The van der Waals surface area contributed by atoms with E-state index in [9.17, 15) is 14.9 Å². The molecule has 0 aromatic carbocycles. The van der Waals surface area contributed by atoms with E-state index in [1.54, 1.807) is 4.90 Å². The van der Waals surface area contributed by atoms with Gasteiger partial charge in [-0.1, -0.05) is 13.8 Å². The third-order valence-corrected chi connectivity index (χ3v) is 4.00.